The molecule has 0 radical (unpaired) electrons. The average Bonchev–Trinajstić information content (AvgIpc) is 2.77. The van der Waals surface area contributed by atoms with Gasteiger partial charge in [-0.15, -0.1) is 13.2 Å². The van der Waals surface area contributed by atoms with E-state index in [1.807, 2.05) is 11.0 Å². The SMILES string of the molecule is O=C(CN1CCc2cc(-c3ccc(OC(F)(F)F)cc3)ccc2C1)N1CCN(C2CCC2)CC1. The summed E-state index contributed by atoms with van der Waals surface area (Å²) in [6.45, 7) is 5.65. The highest BCUT2D eigenvalue weighted by molar-refractivity contribution is 5.78. The first-order valence-corrected chi connectivity index (χ1v) is 12.1. The quantitative estimate of drug-likeness (QED) is 0.649. The summed E-state index contributed by atoms with van der Waals surface area (Å²) in [5, 5.41) is 0. The molecule has 8 heteroatoms. The summed E-state index contributed by atoms with van der Waals surface area (Å²) in [6, 6.07) is 12.9. The van der Waals surface area contributed by atoms with Crippen LogP contribution in [0.3, 0.4) is 0 Å². The lowest BCUT2D eigenvalue weighted by Crippen LogP contribution is -2.55. The summed E-state index contributed by atoms with van der Waals surface area (Å²) in [5.41, 5.74) is 4.24. The van der Waals surface area contributed by atoms with E-state index in [2.05, 4.69) is 26.7 Å². The molecule has 2 aromatic carbocycles. The van der Waals surface area contributed by atoms with E-state index in [4.69, 9.17) is 0 Å². The Kier molecular flexibility index (Phi) is 6.53. The zero-order valence-electron chi connectivity index (χ0n) is 19.2. The van der Waals surface area contributed by atoms with Gasteiger partial charge in [0.15, 0.2) is 0 Å². The van der Waals surface area contributed by atoms with E-state index < -0.39 is 6.36 Å². The molecular weight excluding hydrogens is 443 g/mol. The fourth-order valence-electron chi connectivity index (χ4n) is 5.15. The molecule has 34 heavy (non-hydrogen) atoms. The number of carbonyl (C=O) groups excluding carboxylic acids is 1. The third-order valence-electron chi connectivity index (χ3n) is 7.34. The second kappa shape index (κ2) is 9.58. The highest BCUT2D eigenvalue weighted by Gasteiger charge is 2.31. The van der Waals surface area contributed by atoms with Crippen LogP contribution in [0.1, 0.15) is 30.4 Å². The number of ether oxygens (including phenoxy) is 1. The van der Waals surface area contributed by atoms with Gasteiger partial charge in [0.05, 0.1) is 6.54 Å². The number of alkyl halides is 3. The van der Waals surface area contributed by atoms with Gasteiger partial charge >= 0.3 is 6.36 Å². The molecule has 0 bridgehead atoms. The zero-order valence-corrected chi connectivity index (χ0v) is 19.2. The minimum absolute atomic E-state index is 0.217. The van der Waals surface area contributed by atoms with Gasteiger partial charge in [0.25, 0.3) is 0 Å². The molecule has 0 aromatic heterocycles. The number of hydrogen-bond acceptors (Lipinski definition) is 4. The molecule has 5 rings (SSSR count). The first-order valence-electron chi connectivity index (χ1n) is 12.1. The molecule has 182 valence electrons. The van der Waals surface area contributed by atoms with Gasteiger partial charge in [0, 0.05) is 45.3 Å². The van der Waals surface area contributed by atoms with E-state index >= 15 is 0 Å². The molecule has 5 nitrogen and oxygen atoms in total. The summed E-state index contributed by atoms with van der Waals surface area (Å²) in [5.74, 6) is -0.00605. The first-order chi connectivity index (χ1) is 16.3. The van der Waals surface area contributed by atoms with Crippen molar-refractivity contribution < 1.29 is 22.7 Å². The number of halogens is 3. The van der Waals surface area contributed by atoms with Crippen molar-refractivity contribution in [2.75, 3.05) is 39.3 Å². The summed E-state index contributed by atoms with van der Waals surface area (Å²) < 4.78 is 41.1. The number of hydrogen-bond donors (Lipinski definition) is 0. The van der Waals surface area contributed by atoms with Gasteiger partial charge in [0.2, 0.25) is 5.91 Å². The summed E-state index contributed by atoms with van der Waals surface area (Å²) in [7, 11) is 0. The molecule has 1 saturated carbocycles. The largest absolute Gasteiger partial charge is 0.573 e. The fraction of sp³-hybridized carbons (Fsp3) is 0.500. The number of nitrogens with zero attached hydrogens (tertiary/aromatic N) is 3. The molecule has 2 aliphatic heterocycles. The maximum Gasteiger partial charge on any atom is 0.573 e. The second-order valence-corrected chi connectivity index (χ2v) is 9.52. The maximum atomic E-state index is 12.9. The van der Waals surface area contributed by atoms with Crippen molar-refractivity contribution in [1.29, 1.82) is 0 Å². The number of amides is 1. The Labute approximate surface area is 198 Å². The fourth-order valence-corrected chi connectivity index (χ4v) is 5.15. The molecule has 0 unspecified atom stereocenters. The van der Waals surface area contributed by atoms with Crippen LogP contribution in [0, 0.1) is 0 Å². The van der Waals surface area contributed by atoms with Gasteiger partial charge in [-0.25, -0.2) is 0 Å². The lowest BCUT2D eigenvalue weighted by Gasteiger charge is -2.43. The standard InChI is InChI=1S/C26H30F3N3O2/c27-26(28,29)34-24-8-6-19(7-9-24)20-4-5-22-17-30(11-10-21(22)16-20)18-25(33)32-14-12-31(13-15-32)23-2-1-3-23/h4-9,16,23H,1-3,10-15,17-18H2. The minimum Gasteiger partial charge on any atom is -0.406 e. The monoisotopic (exact) mass is 473 g/mol. The van der Waals surface area contributed by atoms with E-state index in [0.717, 1.165) is 62.9 Å². The Bertz CT molecular complexity index is 1010. The predicted octanol–water partition coefficient (Wildman–Crippen LogP) is 4.31. The minimum atomic E-state index is -4.69. The van der Waals surface area contributed by atoms with Crippen molar-refractivity contribution in [3.63, 3.8) is 0 Å². The molecule has 2 aromatic rings. The molecule has 1 saturated heterocycles. The van der Waals surface area contributed by atoms with E-state index in [-0.39, 0.29) is 11.7 Å². The van der Waals surface area contributed by atoms with Crippen LogP contribution in [-0.2, 0) is 17.8 Å². The van der Waals surface area contributed by atoms with E-state index in [1.165, 1.54) is 42.5 Å². The molecule has 0 N–H and O–H groups in total. The lowest BCUT2D eigenvalue weighted by molar-refractivity contribution is -0.274. The maximum absolute atomic E-state index is 12.9. The van der Waals surface area contributed by atoms with Gasteiger partial charge in [-0.2, -0.15) is 0 Å². The summed E-state index contributed by atoms with van der Waals surface area (Å²) >= 11 is 0. The molecule has 0 spiro atoms. The Morgan fingerprint density at radius 3 is 2.26 bits per heavy atom. The van der Waals surface area contributed by atoms with Crippen LogP contribution in [0.2, 0.25) is 0 Å². The first kappa shape index (κ1) is 23.2. The Morgan fingerprint density at radius 1 is 0.912 bits per heavy atom. The lowest BCUT2D eigenvalue weighted by atomic mass is 9.91. The van der Waals surface area contributed by atoms with Crippen LogP contribution in [0.5, 0.6) is 5.75 Å². The number of benzene rings is 2. The summed E-state index contributed by atoms with van der Waals surface area (Å²) in [6.07, 6.45) is 0.109. The molecule has 1 amide bonds. The Balaban J connectivity index is 1.15. The van der Waals surface area contributed by atoms with Crippen molar-refractivity contribution in [2.24, 2.45) is 0 Å². The third-order valence-corrected chi connectivity index (χ3v) is 7.34. The highest BCUT2D eigenvalue weighted by Crippen LogP contribution is 2.30. The normalized spacial score (nSPS) is 20.0. The zero-order chi connectivity index (χ0) is 23.7. The topological polar surface area (TPSA) is 36.0 Å². The van der Waals surface area contributed by atoms with E-state index in [1.54, 1.807) is 12.1 Å². The third kappa shape index (κ3) is 5.39. The highest BCUT2D eigenvalue weighted by atomic mass is 19.4. The number of fused-ring (bicyclic) bond motifs is 1. The van der Waals surface area contributed by atoms with Crippen molar-refractivity contribution in [3.8, 4) is 16.9 Å². The number of carbonyl (C=O) groups is 1. The van der Waals surface area contributed by atoms with Crippen molar-refractivity contribution in [3.05, 3.63) is 53.6 Å². The van der Waals surface area contributed by atoms with Crippen LogP contribution in [0.4, 0.5) is 13.2 Å². The average molecular weight is 474 g/mol. The molecular formula is C26H30F3N3O2. The molecule has 2 heterocycles. The van der Waals surface area contributed by atoms with Gasteiger partial charge in [-0.05, 0) is 53.6 Å². The van der Waals surface area contributed by atoms with Gasteiger partial charge < -0.3 is 9.64 Å². The van der Waals surface area contributed by atoms with Gasteiger partial charge in [-0.3, -0.25) is 14.6 Å². The number of piperazine rings is 1. The predicted molar refractivity (Wildman–Crippen MR) is 123 cm³/mol. The van der Waals surface area contributed by atoms with E-state index in [0.29, 0.717) is 6.54 Å². The molecule has 1 aliphatic carbocycles. The van der Waals surface area contributed by atoms with Crippen molar-refractivity contribution in [1.82, 2.24) is 14.7 Å². The van der Waals surface area contributed by atoms with Crippen LogP contribution >= 0.6 is 0 Å². The number of rotatable bonds is 5. The van der Waals surface area contributed by atoms with Crippen LogP contribution in [-0.4, -0.2) is 72.3 Å². The van der Waals surface area contributed by atoms with Crippen LogP contribution in [0.25, 0.3) is 11.1 Å². The Morgan fingerprint density at radius 2 is 1.62 bits per heavy atom. The van der Waals surface area contributed by atoms with Gasteiger partial charge in [-0.1, -0.05) is 36.8 Å². The smallest absolute Gasteiger partial charge is 0.406 e. The summed E-state index contributed by atoms with van der Waals surface area (Å²) in [4.78, 5) is 19.6. The molecule has 0 atom stereocenters. The molecule has 2 fully saturated rings. The van der Waals surface area contributed by atoms with Crippen molar-refractivity contribution >= 4 is 5.91 Å². The van der Waals surface area contributed by atoms with Crippen molar-refractivity contribution in [2.45, 2.75) is 44.6 Å². The van der Waals surface area contributed by atoms with Crippen LogP contribution in [0.15, 0.2) is 42.5 Å². The van der Waals surface area contributed by atoms with Crippen LogP contribution < -0.4 is 4.74 Å². The van der Waals surface area contributed by atoms with Gasteiger partial charge in [0.1, 0.15) is 5.75 Å². The Hall–Kier alpha value is -2.58. The molecule has 3 aliphatic rings. The second-order valence-electron chi connectivity index (χ2n) is 9.52. The van der Waals surface area contributed by atoms with E-state index in [9.17, 15) is 18.0 Å².